The second-order valence-electron chi connectivity index (χ2n) is 9.26. The van der Waals surface area contributed by atoms with Gasteiger partial charge in [-0.1, -0.05) is 82.8 Å². The number of aliphatic hydroxyl groups is 1. The minimum atomic E-state index is -0.829. The number of allylic oxidation sites excluding steroid dienone is 1. The third kappa shape index (κ3) is 13.5. The van der Waals surface area contributed by atoms with Crippen LogP contribution in [0.1, 0.15) is 116 Å². The van der Waals surface area contributed by atoms with Crippen molar-refractivity contribution in [1.29, 1.82) is 0 Å². The fourth-order valence-electron chi connectivity index (χ4n) is 4.55. The van der Waals surface area contributed by atoms with Gasteiger partial charge in [0, 0.05) is 12.2 Å². The molecule has 0 radical (unpaired) electrons. The average molecular weight is 471 g/mol. The van der Waals surface area contributed by atoms with Crippen LogP contribution in [0.4, 0.5) is 0 Å². The molecule has 0 aliphatic heterocycles. The van der Waals surface area contributed by atoms with E-state index >= 15 is 0 Å². The first-order valence-corrected chi connectivity index (χ1v) is 13.9. The van der Waals surface area contributed by atoms with Gasteiger partial charge in [0.1, 0.15) is 0 Å². The van der Waals surface area contributed by atoms with E-state index in [1.165, 1.54) is 81.5 Å². The molecule has 1 fully saturated rings. The van der Waals surface area contributed by atoms with Crippen LogP contribution in [0, 0.1) is 5.92 Å². The summed E-state index contributed by atoms with van der Waals surface area (Å²) in [4.78, 5) is 21.8. The summed E-state index contributed by atoms with van der Waals surface area (Å²) in [5.41, 5.74) is 1.23. The zero-order valence-electron chi connectivity index (χ0n) is 20.1. The second kappa shape index (κ2) is 18.4. The Morgan fingerprint density at radius 1 is 0.906 bits per heavy atom. The van der Waals surface area contributed by atoms with Crippen molar-refractivity contribution in [2.75, 3.05) is 5.75 Å². The Hall–Kier alpha value is -1.01. The molecule has 0 bridgehead atoms. The van der Waals surface area contributed by atoms with Gasteiger partial charge in [-0.2, -0.15) is 11.8 Å². The number of hydrogen-bond donors (Lipinski definition) is 3. The van der Waals surface area contributed by atoms with Crippen LogP contribution in [-0.4, -0.2) is 44.4 Å². The van der Waals surface area contributed by atoms with E-state index in [4.69, 9.17) is 10.2 Å². The fourth-order valence-corrected chi connectivity index (χ4v) is 5.94. The van der Waals surface area contributed by atoms with Crippen molar-refractivity contribution in [2.45, 2.75) is 127 Å². The van der Waals surface area contributed by atoms with Gasteiger partial charge in [0.25, 0.3) is 0 Å². The first kappa shape index (κ1) is 29.0. The Balaban J connectivity index is 2.34. The third-order valence-electron chi connectivity index (χ3n) is 6.52. The molecule has 3 N–H and O–H groups in total. The maximum absolute atomic E-state index is 10.9. The maximum atomic E-state index is 10.9. The number of rotatable bonds is 19. The molecule has 0 heterocycles. The molecule has 0 saturated heterocycles. The first-order chi connectivity index (χ1) is 15.5. The predicted octanol–water partition coefficient (Wildman–Crippen LogP) is 6.83. The van der Waals surface area contributed by atoms with Crippen LogP contribution >= 0.6 is 11.8 Å². The van der Waals surface area contributed by atoms with Crippen LogP contribution in [0.5, 0.6) is 0 Å². The summed E-state index contributed by atoms with van der Waals surface area (Å²) in [6.07, 6.45) is 19.6. The molecule has 1 aliphatic carbocycles. The first-order valence-electron chi connectivity index (χ1n) is 12.9. The van der Waals surface area contributed by atoms with Crippen LogP contribution in [0.15, 0.2) is 11.6 Å². The van der Waals surface area contributed by atoms with E-state index in [-0.39, 0.29) is 24.0 Å². The number of unbranched alkanes of at least 4 members (excludes halogenated alkanes) is 11. The SMILES string of the molecule is CCCCCCCCCCCCCC=C1CCC(CCC(=O)O)C(O)C1SCCC(=O)O. The summed E-state index contributed by atoms with van der Waals surface area (Å²) < 4.78 is 0. The number of hydrogen-bond acceptors (Lipinski definition) is 4. The highest BCUT2D eigenvalue weighted by Crippen LogP contribution is 2.39. The minimum Gasteiger partial charge on any atom is -0.481 e. The van der Waals surface area contributed by atoms with E-state index in [1.54, 1.807) is 0 Å². The van der Waals surface area contributed by atoms with Crippen molar-refractivity contribution in [3.63, 3.8) is 0 Å². The number of carboxylic acids is 2. The van der Waals surface area contributed by atoms with Gasteiger partial charge in [0.2, 0.25) is 0 Å². The van der Waals surface area contributed by atoms with Gasteiger partial charge in [-0.25, -0.2) is 0 Å². The summed E-state index contributed by atoms with van der Waals surface area (Å²) in [6, 6.07) is 0. The Bertz CT molecular complexity index is 548. The molecule has 0 aromatic rings. The maximum Gasteiger partial charge on any atom is 0.304 e. The van der Waals surface area contributed by atoms with Gasteiger partial charge >= 0.3 is 11.9 Å². The molecule has 186 valence electrons. The highest BCUT2D eigenvalue weighted by atomic mass is 32.2. The van der Waals surface area contributed by atoms with E-state index in [0.717, 1.165) is 25.7 Å². The number of aliphatic hydroxyl groups excluding tert-OH is 1. The zero-order chi connectivity index (χ0) is 23.6. The minimum absolute atomic E-state index is 0.0208. The van der Waals surface area contributed by atoms with Gasteiger partial charge in [0.15, 0.2) is 0 Å². The van der Waals surface area contributed by atoms with Crippen LogP contribution in [0.3, 0.4) is 0 Å². The Kier molecular flexibility index (Phi) is 16.7. The van der Waals surface area contributed by atoms with Crippen molar-refractivity contribution in [3.8, 4) is 0 Å². The number of carbonyl (C=O) groups is 2. The molecule has 6 heteroatoms. The number of thioether (sulfide) groups is 1. The molecule has 3 atom stereocenters. The Morgan fingerprint density at radius 3 is 2.03 bits per heavy atom. The van der Waals surface area contributed by atoms with E-state index in [0.29, 0.717) is 12.2 Å². The molecule has 5 nitrogen and oxygen atoms in total. The molecule has 32 heavy (non-hydrogen) atoms. The molecular formula is C26H46O5S. The van der Waals surface area contributed by atoms with Crippen molar-refractivity contribution in [3.05, 3.63) is 11.6 Å². The number of aliphatic carboxylic acids is 2. The van der Waals surface area contributed by atoms with E-state index in [1.807, 2.05) is 0 Å². The lowest BCUT2D eigenvalue weighted by Gasteiger charge is -2.36. The smallest absolute Gasteiger partial charge is 0.304 e. The van der Waals surface area contributed by atoms with Crippen LogP contribution in [0.2, 0.25) is 0 Å². The standard InChI is InChI=1S/C26H46O5S/c1-2-3-4-5-6-7-8-9-10-11-12-13-14-22-16-15-21(17-18-23(27)28)25(31)26(22)32-20-19-24(29)30/h14,21,25-26,31H,2-13,15-20H2,1H3,(H,27,28)(H,29,30). The molecule has 3 unspecified atom stereocenters. The summed E-state index contributed by atoms with van der Waals surface area (Å²) in [5.74, 6) is -1.20. The topological polar surface area (TPSA) is 94.8 Å². The summed E-state index contributed by atoms with van der Waals surface area (Å²) in [5, 5.41) is 28.7. The molecule has 1 rings (SSSR count). The Labute approximate surface area is 199 Å². The van der Waals surface area contributed by atoms with Gasteiger partial charge in [0.05, 0.1) is 17.8 Å². The van der Waals surface area contributed by atoms with Crippen molar-refractivity contribution < 1.29 is 24.9 Å². The predicted molar refractivity (Wildman–Crippen MR) is 133 cm³/mol. The normalized spacial score (nSPS) is 22.3. The average Bonchev–Trinajstić information content (AvgIpc) is 2.75. The monoisotopic (exact) mass is 470 g/mol. The molecule has 0 aromatic heterocycles. The van der Waals surface area contributed by atoms with Crippen LogP contribution < -0.4 is 0 Å². The molecule has 1 aliphatic rings. The van der Waals surface area contributed by atoms with Gasteiger partial charge in [-0.15, -0.1) is 0 Å². The summed E-state index contributed by atoms with van der Waals surface area (Å²) in [7, 11) is 0. The quantitative estimate of drug-likeness (QED) is 0.141. The number of carboxylic acid groups (broad SMARTS) is 2. The lowest BCUT2D eigenvalue weighted by atomic mass is 9.80. The zero-order valence-corrected chi connectivity index (χ0v) is 20.9. The van der Waals surface area contributed by atoms with Gasteiger partial charge < -0.3 is 15.3 Å². The molecule has 0 amide bonds. The fraction of sp³-hybridized carbons (Fsp3) is 0.846. The van der Waals surface area contributed by atoms with E-state index < -0.39 is 18.0 Å². The lowest BCUT2D eigenvalue weighted by Crippen LogP contribution is -2.37. The Morgan fingerprint density at radius 2 is 1.47 bits per heavy atom. The van der Waals surface area contributed by atoms with Gasteiger partial charge in [-0.05, 0) is 38.0 Å². The highest BCUT2D eigenvalue weighted by Gasteiger charge is 2.35. The second-order valence-corrected chi connectivity index (χ2v) is 10.5. The third-order valence-corrected chi connectivity index (χ3v) is 7.90. The van der Waals surface area contributed by atoms with Crippen LogP contribution in [0.25, 0.3) is 0 Å². The molecule has 0 spiro atoms. The van der Waals surface area contributed by atoms with Crippen molar-refractivity contribution >= 4 is 23.7 Å². The molecule has 1 saturated carbocycles. The lowest BCUT2D eigenvalue weighted by molar-refractivity contribution is -0.138. The summed E-state index contributed by atoms with van der Waals surface area (Å²) in [6.45, 7) is 2.25. The molecular weight excluding hydrogens is 424 g/mol. The van der Waals surface area contributed by atoms with Crippen LogP contribution in [-0.2, 0) is 9.59 Å². The highest BCUT2D eigenvalue weighted by molar-refractivity contribution is 8.00. The largest absolute Gasteiger partial charge is 0.481 e. The van der Waals surface area contributed by atoms with E-state index in [9.17, 15) is 14.7 Å². The van der Waals surface area contributed by atoms with Gasteiger partial charge in [-0.3, -0.25) is 9.59 Å². The van der Waals surface area contributed by atoms with Crippen molar-refractivity contribution in [1.82, 2.24) is 0 Å². The summed E-state index contributed by atoms with van der Waals surface area (Å²) >= 11 is 1.52. The van der Waals surface area contributed by atoms with E-state index in [2.05, 4.69) is 13.0 Å². The van der Waals surface area contributed by atoms with Crippen molar-refractivity contribution in [2.24, 2.45) is 5.92 Å². The molecule has 0 aromatic carbocycles.